The summed E-state index contributed by atoms with van der Waals surface area (Å²) in [6.45, 7) is 5.11. The molecule has 2 rings (SSSR count). The topological polar surface area (TPSA) is 26.3 Å². The summed E-state index contributed by atoms with van der Waals surface area (Å²) in [5.41, 5.74) is 1.72. The Kier molecular flexibility index (Phi) is 9.05. The molecule has 2 aromatic carbocycles. The van der Waals surface area contributed by atoms with Gasteiger partial charge in [-0.3, -0.25) is 4.79 Å². The molecule has 138 valence electrons. The number of rotatable bonds is 11. The average molecular weight is 369 g/mol. The Bertz CT molecular complexity index is 687. The zero-order chi connectivity index (χ0) is 18.6. The first-order valence-corrected chi connectivity index (χ1v) is 10.4. The molecule has 0 aliphatic carbocycles. The molecule has 0 fully saturated rings. The van der Waals surface area contributed by atoms with Gasteiger partial charge in [0.2, 0.25) is 0 Å². The summed E-state index contributed by atoms with van der Waals surface area (Å²) >= 11 is 1.82. The second-order valence-corrected chi connectivity index (χ2v) is 7.36. The highest BCUT2D eigenvalue weighted by atomic mass is 32.2. The Morgan fingerprint density at radius 2 is 1.69 bits per heavy atom. The van der Waals surface area contributed by atoms with Crippen LogP contribution in [0, 0.1) is 0 Å². The lowest BCUT2D eigenvalue weighted by Crippen LogP contribution is -1.96. The number of unbranched alkanes of at least 4 members (excludes halogenated alkanes) is 2. The summed E-state index contributed by atoms with van der Waals surface area (Å²) in [6.07, 6.45) is 8.11. The van der Waals surface area contributed by atoms with E-state index in [1.54, 1.807) is 6.08 Å². The molecule has 0 heterocycles. The smallest absolute Gasteiger partial charge is 0.185 e. The van der Waals surface area contributed by atoms with Crippen molar-refractivity contribution >= 4 is 23.6 Å². The van der Waals surface area contributed by atoms with Crippen molar-refractivity contribution in [1.82, 2.24) is 0 Å². The molecule has 0 unspecified atom stereocenters. The van der Waals surface area contributed by atoms with Crippen molar-refractivity contribution in [1.29, 1.82) is 0 Å². The molecule has 3 heteroatoms. The van der Waals surface area contributed by atoms with Gasteiger partial charge in [-0.05, 0) is 66.6 Å². The van der Waals surface area contributed by atoms with E-state index in [2.05, 4.69) is 13.8 Å². The largest absolute Gasteiger partial charge is 0.494 e. The van der Waals surface area contributed by atoms with Crippen molar-refractivity contribution in [2.45, 2.75) is 44.4 Å². The molecule has 0 aliphatic rings. The van der Waals surface area contributed by atoms with Crippen LogP contribution in [0.4, 0.5) is 0 Å². The van der Waals surface area contributed by atoms with Crippen LogP contribution in [0.3, 0.4) is 0 Å². The van der Waals surface area contributed by atoms with Crippen LogP contribution in [-0.2, 0) is 0 Å². The van der Waals surface area contributed by atoms with Crippen molar-refractivity contribution in [3.8, 4) is 5.75 Å². The summed E-state index contributed by atoms with van der Waals surface area (Å²) in [4.78, 5) is 13.5. The van der Waals surface area contributed by atoms with Crippen LogP contribution in [0.2, 0.25) is 0 Å². The van der Waals surface area contributed by atoms with E-state index < -0.39 is 0 Å². The Labute approximate surface area is 161 Å². The molecule has 0 saturated carbocycles. The molecule has 0 spiro atoms. The van der Waals surface area contributed by atoms with Crippen molar-refractivity contribution in [3.05, 3.63) is 65.7 Å². The SMILES string of the molecule is CCCCCOc1ccc(/C=C/C(=O)c2ccc(SCCC)cc2)cc1. The third kappa shape index (κ3) is 7.09. The van der Waals surface area contributed by atoms with Crippen LogP contribution in [-0.4, -0.2) is 18.1 Å². The molecule has 2 nitrogen and oxygen atoms in total. The standard InChI is InChI=1S/C23H28O2S/c1-3-5-6-17-25-21-12-7-19(8-13-21)9-16-23(24)20-10-14-22(15-11-20)26-18-4-2/h7-16H,3-6,17-18H2,1-2H3/b16-9+. The lowest BCUT2D eigenvalue weighted by molar-refractivity contribution is 0.104. The van der Waals surface area contributed by atoms with Gasteiger partial charge in [-0.2, -0.15) is 0 Å². The van der Waals surface area contributed by atoms with E-state index in [9.17, 15) is 4.79 Å². The number of hydrogen-bond acceptors (Lipinski definition) is 3. The maximum Gasteiger partial charge on any atom is 0.185 e. The maximum atomic E-state index is 12.3. The second kappa shape index (κ2) is 11.6. The molecule has 0 bridgehead atoms. The number of carbonyl (C=O) groups is 1. The lowest BCUT2D eigenvalue weighted by Gasteiger charge is -2.05. The predicted molar refractivity (Wildman–Crippen MR) is 112 cm³/mol. The first-order valence-electron chi connectivity index (χ1n) is 9.41. The molecule has 0 radical (unpaired) electrons. The highest BCUT2D eigenvalue weighted by Crippen LogP contribution is 2.20. The quantitative estimate of drug-likeness (QED) is 0.192. The first kappa shape index (κ1) is 20.3. The molecule has 0 N–H and O–H groups in total. The number of allylic oxidation sites excluding steroid dienone is 1. The van der Waals surface area contributed by atoms with Gasteiger partial charge in [-0.1, -0.05) is 44.9 Å². The molecule has 0 aliphatic heterocycles. The van der Waals surface area contributed by atoms with E-state index in [1.807, 2.05) is 66.4 Å². The van der Waals surface area contributed by atoms with E-state index >= 15 is 0 Å². The number of thioether (sulfide) groups is 1. The molecule has 0 amide bonds. The maximum absolute atomic E-state index is 12.3. The zero-order valence-electron chi connectivity index (χ0n) is 15.7. The van der Waals surface area contributed by atoms with Crippen LogP contribution >= 0.6 is 11.8 Å². The average Bonchev–Trinajstić information content (AvgIpc) is 2.69. The summed E-state index contributed by atoms with van der Waals surface area (Å²) in [7, 11) is 0. The first-order chi connectivity index (χ1) is 12.7. The number of ether oxygens (including phenoxy) is 1. The van der Waals surface area contributed by atoms with Crippen LogP contribution in [0.1, 0.15) is 55.5 Å². The van der Waals surface area contributed by atoms with E-state index in [1.165, 1.54) is 17.7 Å². The number of carbonyl (C=O) groups excluding carboxylic acids is 1. The third-order valence-corrected chi connectivity index (χ3v) is 5.15. The van der Waals surface area contributed by atoms with Gasteiger partial charge < -0.3 is 4.74 Å². The third-order valence-electron chi connectivity index (χ3n) is 3.94. The minimum absolute atomic E-state index is 0.0249. The van der Waals surface area contributed by atoms with Crippen molar-refractivity contribution in [3.63, 3.8) is 0 Å². The summed E-state index contributed by atoms with van der Waals surface area (Å²) < 4.78 is 5.70. The minimum Gasteiger partial charge on any atom is -0.494 e. The highest BCUT2D eigenvalue weighted by Gasteiger charge is 2.02. The van der Waals surface area contributed by atoms with Crippen molar-refractivity contribution in [2.75, 3.05) is 12.4 Å². The van der Waals surface area contributed by atoms with E-state index in [-0.39, 0.29) is 5.78 Å². The van der Waals surface area contributed by atoms with Gasteiger partial charge >= 0.3 is 0 Å². The Balaban J connectivity index is 1.87. The minimum atomic E-state index is 0.0249. The van der Waals surface area contributed by atoms with Crippen molar-refractivity contribution in [2.24, 2.45) is 0 Å². The van der Waals surface area contributed by atoms with Crippen molar-refractivity contribution < 1.29 is 9.53 Å². The molecule has 0 aromatic heterocycles. The van der Waals surface area contributed by atoms with Gasteiger partial charge in [-0.15, -0.1) is 11.8 Å². The summed E-state index contributed by atoms with van der Waals surface area (Å²) in [6, 6.07) is 15.7. The van der Waals surface area contributed by atoms with Crippen LogP contribution in [0.5, 0.6) is 5.75 Å². The van der Waals surface area contributed by atoms with Crippen LogP contribution < -0.4 is 4.74 Å². The van der Waals surface area contributed by atoms with Crippen LogP contribution in [0.25, 0.3) is 6.08 Å². The molecule has 26 heavy (non-hydrogen) atoms. The summed E-state index contributed by atoms with van der Waals surface area (Å²) in [5, 5.41) is 0. The van der Waals surface area contributed by atoms with E-state index in [0.717, 1.165) is 42.1 Å². The monoisotopic (exact) mass is 368 g/mol. The fourth-order valence-corrected chi connectivity index (χ4v) is 3.19. The molecule has 0 saturated heterocycles. The fraction of sp³-hybridized carbons (Fsp3) is 0.348. The number of hydrogen-bond donors (Lipinski definition) is 0. The van der Waals surface area contributed by atoms with Crippen LogP contribution in [0.15, 0.2) is 59.5 Å². The number of benzene rings is 2. The van der Waals surface area contributed by atoms with Gasteiger partial charge in [0, 0.05) is 10.5 Å². The van der Waals surface area contributed by atoms with Gasteiger partial charge in [-0.25, -0.2) is 0 Å². The molecular formula is C23H28O2S. The summed E-state index contributed by atoms with van der Waals surface area (Å²) in [5.74, 6) is 2.01. The Hall–Kier alpha value is -2.00. The predicted octanol–water partition coefficient (Wildman–Crippen LogP) is 6.65. The molecule has 0 atom stereocenters. The number of ketones is 1. The molecule has 2 aromatic rings. The highest BCUT2D eigenvalue weighted by molar-refractivity contribution is 7.99. The lowest BCUT2D eigenvalue weighted by atomic mass is 10.1. The van der Waals surface area contributed by atoms with Gasteiger partial charge in [0.25, 0.3) is 0 Å². The molecular weight excluding hydrogens is 340 g/mol. The van der Waals surface area contributed by atoms with E-state index in [0.29, 0.717) is 0 Å². The fourth-order valence-electron chi connectivity index (χ4n) is 2.42. The Morgan fingerprint density at radius 3 is 2.35 bits per heavy atom. The van der Waals surface area contributed by atoms with Gasteiger partial charge in [0.1, 0.15) is 5.75 Å². The zero-order valence-corrected chi connectivity index (χ0v) is 16.6. The van der Waals surface area contributed by atoms with Gasteiger partial charge in [0.05, 0.1) is 6.61 Å². The van der Waals surface area contributed by atoms with Gasteiger partial charge in [0.15, 0.2) is 5.78 Å². The van der Waals surface area contributed by atoms with E-state index in [4.69, 9.17) is 4.74 Å². The Morgan fingerprint density at radius 1 is 0.962 bits per heavy atom. The second-order valence-electron chi connectivity index (χ2n) is 6.20. The normalized spacial score (nSPS) is 11.0.